The zero-order chi connectivity index (χ0) is 11.3. The van der Waals surface area contributed by atoms with Crippen LogP contribution in [0.3, 0.4) is 0 Å². The van der Waals surface area contributed by atoms with Crippen molar-refractivity contribution in [1.82, 2.24) is 5.32 Å². The highest BCUT2D eigenvalue weighted by Gasteiger charge is 2.06. The zero-order valence-corrected chi connectivity index (χ0v) is 10.1. The first kappa shape index (κ1) is 12.8. The minimum Gasteiger partial charge on any atom is -0.395 e. The molecule has 15 heavy (non-hydrogen) atoms. The van der Waals surface area contributed by atoms with Gasteiger partial charge in [0.15, 0.2) is 0 Å². The van der Waals surface area contributed by atoms with Crippen LogP contribution in [0.2, 0.25) is 10.0 Å². The summed E-state index contributed by atoms with van der Waals surface area (Å²) in [7, 11) is 0. The van der Waals surface area contributed by atoms with Crippen molar-refractivity contribution in [2.24, 2.45) is 0 Å². The van der Waals surface area contributed by atoms with E-state index in [0.29, 0.717) is 16.6 Å². The van der Waals surface area contributed by atoms with E-state index < -0.39 is 0 Å². The number of benzene rings is 1. The van der Waals surface area contributed by atoms with Gasteiger partial charge in [-0.25, -0.2) is 0 Å². The van der Waals surface area contributed by atoms with Gasteiger partial charge in [0.25, 0.3) is 0 Å². The lowest BCUT2D eigenvalue weighted by Crippen LogP contribution is -2.31. The van der Waals surface area contributed by atoms with Gasteiger partial charge in [-0.15, -0.1) is 0 Å². The van der Waals surface area contributed by atoms with E-state index in [0.717, 1.165) is 12.0 Å². The molecule has 0 aliphatic rings. The third kappa shape index (κ3) is 3.99. The van der Waals surface area contributed by atoms with E-state index in [2.05, 4.69) is 5.32 Å². The van der Waals surface area contributed by atoms with Gasteiger partial charge < -0.3 is 10.4 Å². The van der Waals surface area contributed by atoms with Crippen LogP contribution in [0, 0.1) is 0 Å². The molecular formula is C11H15Cl2NO. The third-order valence-electron chi connectivity index (χ3n) is 2.30. The van der Waals surface area contributed by atoms with Crippen molar-refractivity contribution in [3.05, 3.63) is 33.8 Å². The molecule has 0 amide bonds. The first-order chi connectivity index (χ1) is 7.17. The fraction of sp³-hybridized carbons (Fsp3) is 0.455. The zero-order valence-electron chi connectivity index (χ0n) is 8.63. The lowest BCUT2D eigenvalue weighted by atomic mass is 10.2. The second-order valence-corrected chi connectivity index (χ2v) is 4.25. The lowest BCUT2D eigenvalue weighted by molar-refractivity contribution is 0.238. The maximum atomic E-state index is 9.01. The number of aliphatic hydroxyl groups excluding tert-OH is 1. The van der Waals surface area contributed by atoms with Crippen molar-refractivity contribution >= 4 is 23.2 Å². The summed E-state index contributed by atoms with van der Waals surface area (Å²) in [4.78, 5) is 0. The number of rotatable bonds is 5. The van der Waals surface area contributed by atoms with Crippen LogP contribution >= 0.6 is 23.2 Å². The molecule has 1 rings (SSSR count). The van der Waals surface area contributed by atoms with Crippen molar-refractivity contribution in [2.45, 2.75) is 25.9 Å². The number of aliphatic hydroxyl groups is 1. The molecule has 0 radical (unpaired) electrons. The summed E-state index contributed by atoms with van der Waals surface area (Å²) >= 11 is 11.9. The molecule has 1 aromatic rings. The van der Waals surface area contributed by atoms with Crippen LogP contribution in [0.25, 0.3) is 0 Å². The van der Waals surface area contributed by atoms with Crippen LogP contribution in [-0.4, -0.2) is 17.8 Å². The van der Waals surface area contributed by atoms with Crippen LogP contribution < -0.4 is 5.32 Å². The number of nitrogens with one attached hydrogen (secondary N) is 1. The second-order valence-electron chi connectivity index (χ2n) is 3.40. The van der Waals surface area contributed by atoms with Gasteiger partial charge in [0.1, 0.15) is 0 Å². The van der Waals surface area contributed by atoms with Crippen molar-refractivity contribution in [3.8, 4) is 0 Å². The Balaban J connectivity index is 2.60. The summed E-state index contributed by atoms with van der Waals surface area (Å²) in [5.41, 5.74) is 0.955. The van der Waals surface area contributed by atoms with Crippen LogP contribution in [0.1, 0.15) is 18.9 Å². The lowest BCUT2D eigenvalue weighted by Gasteiger charge is -2.14. The molecule has 0 saturated carbocycles. The molecule has 1 aromatic carbocycles. The molecule has 0 fully saturated rings. The van der Waals surface area contributed by atoms with E-state index in [9.17, 15) is 0 Å². The number of halogens is 2. The number of hydrogen-bond donors (Lipinski definition) is 2. The summed E-state index contributed by atoms with van der Waals surface area (Å²) < 4.78 is 0. The van der Waals surface area contributed by atoms with E-state index in [-0.39, 0.29) is 12.6 Å². The molecule has 1 atom stereocenters. The normalized spacial score (nSPS) is 12.8. The molecule has 0 heterocycles. The van der Waals surface area contributed by atoms with Crippen molar-refractivity contribution in [2.75, 3.05) is 6.61 Å². The Labute approximate surface area is 100 Å². The summed E-state index contributed by atoms with van der Waals surface area (Å²) in [6.45, 7) is 2.78. The predicted octanol–water partition coefficient (Wildman–Crippen LogP) is 2.85. The smallest absolute Gasteiger partial charge is 0.0584 e. The van der Waals surface area contributed by atoms with Gasteiger partial charge in [0, 0.05) is 22.6 Å². The highest BCUT2D eigenvalue weighted by molar-refractivity contribution is 6.33. The minimum atomic E-state index is 0.111. The van der Waals surface area contributed by atoms with Gasteiger partial charge in [0.05, 0.1) is 6.61 Å². The van der Waals surface area contributed by atoms with E-state index in [1.54, 1.807) is 12.1 Å². The average molecular weight is 248 g/mol. The molecule has 0 unspecified atom stereocenters. The third-order valence-corrected chi connectivity index (χ3v) is 2.91. The maximum Gasteiger partial charge on any atom is 0.0584 e. The van der Waals surface area contributed by atoms with Gasteiger partial charge in [-0.1, -0.05) is 30.1 Å². The van der Waals surface area contributed by atoms with Crippen molar-refractivity contribution in [3.63, 3.8) is 0 Å². The van der Waals surface area contributed by atoms with Gasteiger partial charge in [-0.2, -0.15) is 0 Å². The van der Waals surface area contributed by atoms with E-state index in [1.807, 2.05) is 13.0 Å². The SMILES string of the molecule is CC[C@H](CO)NCc1cc(Cl)ccc1Cl. The first-order valence-corrected chi connectivity index (χ1v) is 5.71. The number of hydrogen-bond acceptors (Lipinski definition) is 2. The Hall–Kier alpha value is -0.280. The molecule has 84 valence electrons. The Kier molecular flexibility index (Phi) is 5.40. The first-order valence-electron chi connectivity index (χ1n) is 4.95. The quantitative estimate of drug-likeness (QED) is 0.839. The second kappa shape index (κ2) is 6.33. The molecule has 0 aliphatic heterocycles. The van der Waals surface area contributed by atoms with Crippen LogP contribution in [0.4, 0.5) is 0 Å². The van der Waals surface area contributed by atoms with Crippen molar-refractivity contribution < 1.29 is 5.11 Å². The Bertz CT molecular complexity index is 313. The van der Waals surface area contributed by atoms with Crippen LogP contribution in [0.5, 0.6) is 0 Å². The average Bonchev–Trinajstić information content (AvgIpc) is 2.24. The van der Waals surface area contributed by atoms with E-state index in [4.69, 9.17) is 28.3 Å². The van der Waals surface area contributed by atoms with Gasteiger partial charge in [-0.05, 0) is 30.2 Å². The Morgan fingerprint density at radius 3 is 2.73 bits per heavy atom. The van der Waals surface area contributed by atoms with Crippen LogP contribution in [0.15, 0.2) is 18.2 Å². The summed E-state index contributed by atoms with van der Waals surface area (Å²) in [6.07, 6.45) is 0.884. The highest BCUT2D eigenvalue weighted by atomic mass is 35.5. The topological polar surface area (TPSA) is 32.3 Å². The maximum absolute atomic E-state index is 9.01. The Morgan fingerprint density at radius 1 is 1.40 bits per heavy atom. The molecule has 0 aromatic heterocycles. The van der Waals surface area contributed by atoms with E-state index in [1.165, 1.54) is 0 Å². The molecule has 0 spiro atoms. The minimum absolute atomic E-state index is 0.111. The Morgan fingerprint density at radius 2 is 2.13 bits per heavy atom. The largest absolute Gasteiger partial charge is 0.395 e. The predicted molar refractivity (Wildman–Crippen MR) is 64.5 cm³/mol. The van der Waals surface area contributed by atoms with Crippen molar-refractivity contribution in [1.29, 1.82) is 0 Å². The molecular weight excluding hydrogens is 233 g/mol. The standard InChI is InChI=1S/C11H15Cl2NO/c1-2-10(7-15)14-6-8-5-9(12)3-4-11(8)13/h3-5,10,14-15H,2,6-7H2,1H3/t10-/m1/s1. The molecule has 2 nitrogen and oxygen atoms in total. The van der Waals surface area contributed by atoms with Gasteiger partial charge in [0.2, 0.25) is 0 Å². The fourth-order valence-corrected chi connectivity index (χ4v) is 1.65. The fourth-order valence-electron chi connectivity index (χ4n) is 1.27. The van der Waals surface area contributed by atoms with Gasteiger partial charge in [-0.3, -0.25) is 0 Å². The highest BCUT2D eigenvalue weighted by Crippen LogP contribution is 2.20. The van der Waals surface area contributed by atoms with Gasteiger partial charge >= 0.3 is 0 Å². The summed E-state index contributed by atoms with van der Waals surface area (Å²) in [5.74, 6) is 0. The molecule has 0 bridgehead atoms. The monoisotopic (exact) mass is 247 g/mol. The molecule has 0 saturated heterocycles. The molecule has 0 aliphatic carbocycles. The van der Waals surface area contributed by atoms with Crippen LogP contribution in [-0.2, 0) is 6.54 Å². The molecule has 4 heteroatoms. The molecule has 2 N–H and O–H groups in total. The van der Waals surface area contributed by atoms with E-state index >= 15 is 0 Å². The summed E-state index contributed by atoms with van der Waals surface area (Å²) in [6, 6.07) is 5.48. The summed E-state index contributed by atoms with van der Waals surface area (Å²) in [5, 5.41) is 13.6.